The van der Waals surface area contributed by atoms with Gasteiger partial charge in [0, 0.05) is 29.5 Å². The van der Waals surface area contributed by atoms with Crippen molar-refractivity contribution < 1.29 is 14.3 Å². The van der Waals surface area contributed by atoms with Gasteiger partial charge in [0.2, 0.25) is 0 Å². The van der Waals surface area contributed by atoms with Gasteiger partial charge < -0.3 is 4.74 Å². The van der Waals surface area contributed by atoms with E-state index in [1.807, 2.05) is 36.4 Å². The maximum absolute atomic E-state index is 12.9. The first-order chi connectivity index (χ1) is 16.0. The lowest BCUT2D eigenvalue weighted by Crippen LogP contribution is -2.23. The molecule has 1 atom stereocenters. The van der Waals surface area contributed by atoms with Crippen molar-refractivity contribution in [3.05, 3.63) is 117 Å². The molecule has 1 aromatic heterocycles. The van der Waals surface area contributed by atoms with Gasteiger partial charge in [-0.2, -0.15) is 0 Å². The average Bonchev–Trinajstić information content (AvgIpc) is 3.25. The zero-order valence-corrected chi connectivity index (χ0v) is 18.9. The number of carbonyl (C=O) groups is 2. The van der Waals surface area contributed by atoms with E-state index >= 15 is 0 Å². The molecule has 164 valence electrons. The Kier molecular flexibility index (Phi) is 5.75. The van der Waals surface area contributed by atoms with Crippen molar-refractivity contribution in [3.8, 4) is 0 Å². The first kappa shape index (κ1) is 21.1. The molecule has 0 radical (unpaired) electrons. The molecule has 33 heavy (non-hydrogen) atoms. The number of benzene rings is 3. The Morgan fingerprint density at radius 3 is 2.76 bits per heavy atom. The van der Waals surface area contributed by atoms with E-state index in [-0.39, 0.29) is 18.0 Å². The number of anilines is 1. The number of nitrogens with zero attached hydrogens (tertiary/aromatic N) is 1. The molecule has 3 aromatic carbocycles. The first-order valence-electron chi connectivity index (χ1n) is 10.8. The molecule has 0 bridgehead atoms. The van der Waals surface area contributed by atoms with E-state index in [0.717, 1.165) is 22.4 Å². The molecule has 0 spiro atoms. The Balaban J connectivity index is 1.30. The highest BCUT2D eigenvalue weighted by Gasteiger charge is 2.28. The third-order valence-corrected chi connectivity index (χ3v) is 6.56. The predicted molar refractivity (Wildman–Crippen MR) is 129 cm³/mol. The SMILES string of the molecule is Cc1cccc(Cc2cnc(NC(=O)c3ccc4c(c3)CC(c3ccccc3)OC4=O)s2)c1. The second kappa shape index (κ2) is 9.00. The Morgan fingerprint density at radius 2 is 1.94 bits per heavy atom. The van der Waals surface area contributed by atoms with Crippen molar-refractivity contribution in [1.82, 2.24) is 4.98 Å². The van der Waals surface area contributed by atoms with Gasteiger partial charge in [0.15, 0.2) is 5.13 Å². The zero-order valence-electron chi connectivity index (χ0n) is 18.1. The van der Waals surface area contributed by atoms with Gasteiger partial charge in [-0.3, -0.25) is 10.1 Å². The number of aryl methyl sites for hydroxylation is 1. The second-order valence-corrected chi connectivity index (χ2v) is 9.25. The molecular weight excluding hydrogens is 432 g/mol. The Labute approximate surface area is 196 Å². The van der Waals surface area contributed by atoms with E-state index < -0.39 is 0 Å². The van der Waals surface area contributed by atoms with Crippen LogP contribution in [0.3, 0.4) is 0 Å². The smallest absolute Gasteiger partial charge is 0.339 e. The number of hydrogen-bond acceptors (Lipinski definition) is 5. The van der Waals surface area contributed by atoms with Crippen LogP contribution in [0, 0.1) is 6.92 Å². The molecule has 2 heterocycles. The summed E-state index contributed by atoms with van der Waals surface area (Å²) in [7, 11) is 0. The minimum Gasteiger partial charge on any atom is -0.454 e. The van der Waals surface area contributed by atoms with Crippen LogP contribution in [-0.2, 0) is 17.6 Å². The molecule has 1 aliphatic heterocycles. The van der Waals surface area contributed by atoms with Crippen LogP contribution in [0.25, 0.3) is 0 Å². The summed E-state index contributed by atoms with van der Waals surface area (Å²) in [6.45, 7) is 2.07. The van der Waals surface area contributed by atoms with Crippen molar-refractivity contribution in [1.29, 1.82) is 0 Å². The van der Waals surface area contributed by atoms with Gasteiger partial charge in [0.05, 0.1) is 5.56 Å². The topological polar surface area (TPSA) is 68.3 Å². The molecular formula is C27H22N2O3S. The largest absolute Gasteiger partial charge is 0.454 e. The molecule has 4 aromatic rings. The summed E-state index contributed by atoms with van der Waals surface area (Å²) < 4.78 is 5.61. The fourth-order valence-corrected chi connectivity index (χ4v) is 4.87. The minimum atomic E-state index is -0.363. The van der Waals surface area contributed by atoms with E-state index in [1.165, 1.54) is 22.5 Å². The lowest BCUT2D eigenvalue weighted by Gasteiger charge is -2.25. The lowest BCUT2D eigenvalue weighted by atomic mass is 9.93. The van der Waals surface area contributed by atoms with Crippen LogP contribution in [0.2, 0.25) is 0 Å². The van der Waals surface area contributed by atoms with Crippen molar-refractivity contribution in [2.24, 2.45) is 0 Å². The molecule has 0 saturated carbocycles. The molecule has 5 rings (SSSR count). The van der Waals surface area contributed by atoms with Crippen LogP contribution in [-0.4, -0.2) is 16.9 Å². The summed E-state index contributed by atoms with van der Waals surface area (Å²) >= 11 is 1.47. The number of esters is 1. The number of hydrogen-bond donors (Lipinski definition) is 1. The van der Waals surface area contributed by atoms with Gasteiger partial charge in [0.1, 0.15) is 6.10 Å². The predicted octanol–water partition coefficient (Wildman–Crippen LogP) is 5.75. The number of carbonyl (C=O) groups excluding carboxylic acids is 2. The van der Waals surface area contributed by atoms with Gasteiger partial charge in [-0.1, -0.05) is 60.2 Å². The molecule has 5 nitrogen and oxygen atoms in total. The van der Waals surface area contributed by atoms with Gasteiger partial charge in [-0.15, -0.1) is 11.3 Å². The van der Waals surface area contributed by atoms with Crippen LogP contribution in [0.15, 0.2) is 79.0 Å². The highest BCUT2D eigenvalue weighted by atomic mass is 32.1. The summed E-state index contributed by atoms with van der Waals surface area (Å²) in [4.78, 5) is 30.8. The minimum absolute atomic E-state index is 0.246. The van der Waals surface area contributed by atoms with Gasteiger partial charge in [-0.05, 0) is 41.8 Å². The molecule has 0 fully saturated rings. The average molecular weight is 455 g/mol. The summed E-state index contributed by atoms with van der Waals surface area (Å²) in [6.07, 6.45) is 2.75. The molecule has 6 heteroatoms. The molecule has 1 N–H and O–H groups in total. The van der Waals surface area contributed by atoms with Crippen LogP contribution < -0.4 is 5.32 Å². The fraction of sp³-hybridized carbons (Fsp3) is 0.148. The molecule has 1 unspecified atom stereocenters. The van der Waals surface area contributed by atoms with E-state index in [2.05, 4.69) is 35.4 Å². The number of cyclic esters (lactones) is 1. The second-order valence-electron chi connectivity index (χ2n) is 8.13. The maximum atomic E-state index is 12.9. The standard InChI is InChI=1S/C27H22N2O3S/c1-17-6-5-7-18(12-17)13-22-16-28-27(33-22)29-25(30)20-10-11-23-21(14-20)15-24(32-26(23)31)19-8-3-2-4-9-19/h2-12,14,16,24H,13,15H2,1H3,(H,28,29,30). The number of ether oxygens (including phenoxy) is 1. The van der Waals surface area contributed by atoms with E-state index in [4.69, 9.17) is 4.74 Å². The van der Waals surface area contributed by atoms with Gasteiger partial charge >= 0.3 is 5.97 Å². The Bertz CT molecular complexity index is 1330. The zero-order chi connectivity index (χ0) is 22.8. The summed E-state index contributed by atoms with van der Waals surface area (Å²) in [5, 5.41) is 3.45. The van der Waals surface area contributed by atoms with Crippen molar-refractivity contribution in [2.45, 2.75) is 25.9 Å². The van der Waals surface area contributed by atoms with Crippen molar-refractivity contribution in [3.63, 3.8) is 0 Å². The van der Waals surface area contributed by atoms with Crippen LogP contribution >= 0.6 is 11.3 Å². The number of aromatic nitrogens is 1. The van der Waals surface area contributed by atoms with E-state index in [1.54, 1.807) is 24.4 Å². The quantitative estimate of drug-likeness (QED) is 0.390. The van der Waals surface area contributed by atoms with Crippen LogP contribution in [0.5, 0.6) is 0 Å². The monoisotopic (exact) mass is 454 g/mol. The molecule has 0 saturated heterocycles. The van der Waals surface area contributed by atoms with Crippen LogP contribution in [0.4, 0.5) is 5.13 Å². The molecule has 1 aliphatic rings. The number of nitrogens with one attached hydrogen (secondary N) is 1. The Morgan fingerprint density at radius 1 is 1.09 bits per heavy atom. The van der Waals surface area contributed by atoms with Gasteiger partial charge in [0.25, 0.3) is 5.91 Å². The van der Waals surface area contributed by atoms with E-state index in [9.17, 15) is 9.59 Å². The number of amides is 1. The summed E-state index contributed by atoms with van der Waals surface area (Å²) in [5.41, 5.74) is 5.18. The third-order valence-electron chi connectivity index (χ3n) is 5.65. The number of thiazole rings is 1. The summed E-state index contributed by atoms with van der Waals surface area (Å²) in [6, 6.07) is 23.1. The Hall–Kier alpha value is -3.77. The molecule has 1 amide bonds. The first-order valence-corrected chi connectivity index (χ1v) is 11.6. The molecule has 0 aliphatic carbocycles. The lowest BCUT2D eigenvalue weighted by molar-refractivity contribution is 0.0252. The third kappa shape index (κ3) is 4.71. The van der Waals surface area contributed by atoms with E-state index in [0.29, 0.717) is 22.7 Å². The normalized spacial score (nSPS) is 14.9. The number of rotatable bonds is 5. The maximum Gasteiger partial charge on any atom is 0.339 e. The van der Waals surface area contributed by atoms with Gasteiger partial charge in [-0.25, -0.2) is 9.78 Å². The van der Waals surface area contributed by atoms with Crippen molar-refractivity contribution >= 4 is 28.3 Å². The highest BCUT2D eigenvalue weighted by Crippen LogP contribution is 2.31. The van der Waals surface area contributed by atoms with Crippen LogP contribution in [0.1, 0.15) is 54.0 Å². The highest BCUT2D eigenvalue weighted by molar-refractivity contribution is 7.15. The number of fused-ring (bicyclic) bond motifs is 1. The summed E-state index contributed by atoms with van der Waals surface area (Å²) in [5.74, 6) is -0.609. The van der Waals surface area contributed by atoms with Crippen molar-refractivity contribution in [2.75, 3.05) is 5.32 Å². The fourth-order valence-electron chi connectivity index (χ4n) is 4.03.